The molecule has 4 aromatic heterocycles. The van der Waals surface area contributed by atoms with Crippen LogP contribution >= 0.6 is 45.3 Å². The number of carbonyl (C=O) groups is 16. The minimum absolute atomic E-state index is 0. The summed E-state index contributed by atoms with van der Waals surface area (Å²) < 4.78 is 0. The van der Waals surface area contributed by atoms with Gasteiger partial charge in [0.2, 0.25) is 0 Å². The molecule has 0 spiro atoms. The van der Waals surface area contributed by atoms with E-state index in [2.05, 4.69) is 0 Å². The zero-order valence-electron chi connectivity index (χ0n) is 50.1. The van der Waals surface area contributed by atoms with Gasteiger partial charge in [0.25, 0.3) is 0 Å². The zero-order chi connectivity index (χ0) is 70.9. The number of rotatable bonds is 32. The average Bonchev–Trinajstić information content (AvgIpc) is 1.68. The van der Waals surface area contributed by atoms with Crippen LogP contribution in [-0.4, -0.2) is 338 Å². The molecule has 0 atom stereocenters. The SMILES string of the molecule is N#Cc1c(N(CC(=O)O)CC(=O)O)sc(C(=O)O)c1CC(=O)[O-].N#Cc1c(N(CC(=O)O)CC(=O)O)sc(C(=O)O)c1CC(=O)[O-].N#Cc1c(N(CC(=O)O)CC(=O)O)sc(C(=O)O)c1CC(=O)[O-].N#Cc1c(N(CC(=O)O)CC(=O)O)sc(C(=O)O)c1CC(=O)[O-].O.O.O.O.O.O.O.[Sr+2].[Sr+2]. The van der Waals surface area contributed by atoms with Crippen molar-refractivity contribution in [3.05, 3.63) is 64.0 Å². The topological polar surface area (TPSA) is 937 Å². The monoisotopic (exact) mass is 1670 g/mol. The molecule has 4 rings (SSSR count). The maximum Gasteiger partial charge on any atom is 2.00 e. The molecule has 26 N–H and O–H groups in total. The van der Waals surface area contributed by atoms with Crippen LogP contribution in [0.15, 0.2) is 0 Å². The first-order chi connectivity index (χ1) is 42.7. The van der Waals surface area contributed by atoms with Crippen LogP contribution in [0.3, 0.4) is 0 Å². The first kappa shape index (κ1) is 110. The number of hydrogen-bond acceptors (Lipinski definition) is 32. The third kappa shape index (κ3) is 34.7. The van der Waals surface area contributed by atoms with Crippen molar-refractivity contribution in [2.45, 2.75) is 25.7 Å². The van der Waals surface area contributed by atoms with Crippen molar-refractivity contribution in [3.8, 4) is 24.3 Å². The Labute approximate surface area is 649 Å². The van der Waals surface area contributed by atoms with Crippen molar-refractivity contribution in [2.75, 3.05) is 72.0 Å². The van der Waals surface area contributed by atoms with Crippen LogP contribution in [0.5, 0.6) is 0 Å². The van der Waals surface area contributed by atoms with E-state index >= 15 is 0 Å². The molecule has 0 aromatic carbocycles. The number of thiophene rings is 4. The van der Waals surface area contributed by atoms with Gasteiger partial charge in [0.1, 0.15) is 116 Å². The first-order valence-electron chi connectivity index (χ1n) is 23.4. The predicted molar refractivity (Wildman–Crippen MR) is 326 cm³/mol. The normalized spacial score (nSPS) is 8.99. The van der Waals surface area contributed by atoms with Crippen LogP contribution in [-0.2, 0) is 83.2 Å². The van der Waals surface area contributed by atoms with Crippen LogP contribution in [0.1, 0.15) is 83.2 Å². The summed E-state index contributed by atoms with van der Waals surface area (Å²) in [5.41, 5.74) is -2.94. The summed E-state index contributed by atoms with van der Waals surface area (Å²) in [6.45, 7) is -6.40. The molecule has 0 fully saturated rings. The molecule has 0 saturated carbocycles. The fourth-order valence-electron chi connectivity index (χ4n) is 7.21. The number of nitriles is 4. The maximum absolute atomic E-state index is 11.2. The van der Waals surface area contributed by atoms with Crippen molar-refractivity contribution >= 4 is 252 Å². The van der Waals surface area contributed by atoms with Gasteiger partial charge in [-0.25, -0.2) is 19.2 Å². The fourth-order valence-corrected chi connectivity index (χ4v) is 11.6. The number of aromatic carboxylic acids is 4. The Bertz CT molecular complexity index is 3320. The molecule has 4 heterocycles. The first-order valence-corrected chi connectivity index (χ1v) is 26.6. The molecule has 47 nitrogen and oxygen atoms in total. The van der Waals surface area contributed by atoms with Gasteiger partial charge in [-0.1, -0.05) is 0 Å². The number of hydrogen-bond donors (Lipinski definition) is 12. The number of aliphatic carboxylic acids is 12. The number of carboxylic acids is 16. The molecule has 101 heavy (non-hydrogen) atoms. The second-order valence-corrected chi connectivity index (χ2v) is 20.8. The molecule has 53 heteroatoms. The summed E-state index contributed by atoms with van der Waals surface area (Å²) in [6, 6.07) is 6.40. The Hall–Kier alpha value is -9.84. The van der Waals surface area contributed by atoms with Crippen molar-refractivity contribution < 1.29 is 197 Å². The Morgan fingerprint density at radius 1 is 0.277 bits per heavy atom. The van der Waals surface area contributed by atoms with Crippen LogP contribution in [0, 0.1) is 45.3 Å². The third-order valence-electron chi connectivity index (χ3n) is 10.2. The Balaban J connectivity index is -0.000000155. The maximum atomic E-state index is 11.2. The van der Waals surface area contributed by atoms with Crippen LogP contribution in [0.25, 0.3) is 0 Å². The van der Waals surface area contributed by atoms with Crippen molar-refractivity contribution in [1.29, 1.82) is 21.0 Å². The van der Waals surface area contributed by atoms with E-state index in [1.807, 2.05) is 0 Å². The molecule has 0 radical (unpaired) electrons. The minimum Gasteiger partial charge on any atom is -0.550 e. The summed E-state index contributed by atoms with van der Waals surface area (Å²) in [5, 5.41) is 186. The van der Waals surface area contributed by atoms with E-state index < -0.39 is 193 Å². The number of anilines is 4. The van der Waals surface area contributed by atoms with Gasteiger partial charge >= 0.3 is 163 Å². The van der Waals surface area contributed by atoms with Gasteiger partial charge in [-0.2, -0.15) is 21.0 Å². The Kier molecular flexibility index (Phi) is 55.8. The Morgan fingerprint density at radius 3 is 0.475 bits per heavy atom. The predicted octanol–water partition coefficient (Wildman–Crippen LogP) is -12.2. The van der Waals surface area contributed by atoms with Gasteiger partial charge in [-0.3, -0.25) is 38.4 Å². The summed E-state index contributed by atoms with van der Waals surface area (Å²) in [6.07, 6.45) is -3.46. The number of nitrogens with zero attached hydrogens (tertiary/aromatic N) is 8. The molecule has 0 aliphatic heterocycles. The molecule has 0 saturated heterocycles. The third-order valence-corrected chi connectivity index (χ3v) is 15.3. The standard InChI is InChI=1S/4C12H10N2O8S.7H2O.2Sr/c4*13-2-6-5(1-7(15)16)10(12(21)22)23-11(6)14(3-8(17)18)4-9(19)20;;;;;;;;;/h4*1,3-4H2,(H,15,16)(H,17,18)(H,19,20)(H,21,22);7*1H2;;/q;;;;;;;;;;;2*+2/p-4. The summed E-state index contributed by atoms with van der Waals surface area (Å²) >= 11 is 1.76. The molecular weight excluding hydrogens is 1620 g/mol. The van der Waals surface area contributed by atoms with E-state index in [0.29, 0.717) is 45.3 Å². The molecule has 0 aliphatic carbocycles. The molecule has 0 unspecified atom stereocenters. The summed E-state index contributed by atoms with van der Waals surface area (Å²) in [5.74, 6) is -23.8. The van der Waals surface area contributed by atoms with E-state index in [-0.39, 0.29) is 194 Å². The van der Waals surface area contributed by atoms with Gasteiger partial charge in [-0.05, 0) is 0 Å². The minimum atomic E-state index is -1.63. The quantitative estimate of drug-likeness (QED) is 0.0202. The van der Waals surface area contributed by atoms with Crippen molar-refractivity contribution in [2.24, 2.45) is 0 Å². The van der Waals surface area contributed by atoms with E-state index in [1.165, 1.54) is 0 Å². The largest absolute Gasteiger partial charge is 2.00 e. The second kappa shape index (κ2) is 51.3. The van der Waals surface area contributed by atoms with Gasteiger partial charge in [0.05, 0.1) is 22.3 Å². The molecular formula is C48H50N8O39S4Sr2. The van der Waals surface area contributed by atoms with Crippen LogP contribution in [0.2, 0.25) is 0 Å². The van der Waals surface area contributed by atoms with E-state index in [4.69, 9.17) is 82.3 Å². The van der Waals surface area contributed by atoms with Crippen LogP contribution in [0.4, 0.5) is 20.0 Å². The van der Waals surface area contributed by atoms with Gasteiger partial charge in [0, 0.05) is 71.8 Å². The molecule has 544 valence electrons. The van der Waals surface area contributed by atoms with Crippen LogP contribution < -0.4 is 40.0 Å². The van der Waals surface area contributed by atoms with Gasteiger partial charge in [0.15, 0.2) is 0 Å². The summed E-state index contributed by atoms with van der Waals surface area (Å²) in [4.78, 5) is 176. The van der Waals surface area contributed by atoms with E-state index in [1.54, 1.807) is 24.3 Å². The smallest absolute Gasteiger partial charge is 0.550 e. The molecule has 0 amide bonds. The molecule has 4 aromatic rings. The summed E-state index contributed by atoms with van der Waals surface area (Å²) in [7, 11) is 0. The van der Waals surface area contributed by atoms with E-state index in [9.17, 15) is 97.1 Å². The van der Waals surface area contributed by atoms with Gasteiger partial charge in [-0.15, -0.1) is 45.3 Å². The van der Waals surface area contributed by atoms with Crippen molar-refractivity contribution in [3.63, 3.8) is 0 Å². The molecule has 0 aliphatic rings. The second-order valence-electron chi connectivity index (χ2n) is 16.8. The zero-order valence-corrected chi connectivity index (χ0v) is 60.4. The fraction of sp³-hybridized carbons (Fsp3) is 0.250. The molecule has 0 bridgehead atoms. The average molecular weight is 1670 g/mol. The number of carboxylic acid groups (broad SMARTS) is 16. The number of carbonyl (C=O) groups excluding carboxylic acids is 4. The van der Waals surface area contributed by atoms with E-state index in [0.717, 1.165) is 19.6 Å². The van der Waals surface area contributed by atoms with Crippen molar-refractivity contribution in [1.82, 2.24) is 0 Å². The Morgan fingerprint density at radius 2 is 0.396 bits per heavy atom. The van der Waals surface area contributed by atoms with Gasteiger partial charge < -0.3 is 159 Å².